The summed E-state index contributed by atoms with van der Waals surface area (Å²) in [7, 11) is 0. The minimum Gasteiger partial charge on any atom is -0.314 e. The van der Waals surface area contributed by atoms with Crippen molar-refractivity contribution in [2.24, 2.45) is 0 Å². The number of nitrogens with one attached hydrogen (secondary N) is 1. The van der Waals surface area contributed by atoms with Crippen LogP contribution in [0.5, 0.6) is 0 Å². The molecule has 0 aromatic rings. The van der Waals surface area contributed by atoms with E-state index in [4.69, 9.17) is 1.41 Å². The summed E-state index contributed by atoms with van der Waals surface area (Å²) in [6.45, 7) is 3.15. The SMILES string of the molecule is [2H]N1CCCCC1CC. The van der Waals surface area contributed by atoms with Crippen LogP contribution in [0, 0.1) is 0 Å². The van der Waals surface area contributed by atoms with Gasteiger partial charge in [0.05, 0.1) is 0 Å². The Morgan fingerprint density at radius 2 is 2.62 bits per heavy atom. The van der Waals surface area contributed by atoms with E-state index in [0.29, 0.717) is 6.04 Å². The van der Waals surface area contributed by atoms with E-state index in [0.717, 1.165) is 13.0 Å². The molecule has 0 bridgehead atoms. The Kier molecular flexibility index (Phi) is 1.85. The van der Waals surface area contributed by atoms with Crippen LogP contribution in [0.1, 0.15) is 32.6 Å². The summed E-state index contributed by atoms with van der Waals surface area (Å²) in [5.74, 6) is 0. The molecule has 1 N–H and O–H groups in total. The second-order valence-corrected chi connectivity index (χ2v) is 2.46. The fourth-order valence-electron chi connectivity index (χ4n) is 1.19. The number of piperidine rings is 1. The van der Waals surface area contributed by atoms with Crippen LogP contribution < -0.4 is 5.31 Å². The summed E-state index contributed by atoms with van der Waals surface area (Å²) in [5.41, 5.74) is 0. The van der Waals surface area contributed by atoms with Gasteiger partial charge in [-0.15, -0.1) is 0 Å². The molecule has 1 atom stereocenters. The van der Waals surface area contributed by atoms with E-state index >= 15 is 0 Å². The second kappa shape index (κ2) is 3.08. The van der Waals surface area contributed by atoms with E-state index in [-0.39, 0.29) is 0 Å². The second-order valence-electron chi connectivity index (χ2n) is 2.46. The van der Waals surface area contributed by atoms with E-state index in [2.05, 4.69) is 6.92 Å². The molecular formula is C7H15N. The van der Waals surface area contributed by atoms with E-state index in [1.54, 1.807) is 5.31 Å². The van der Waals surface area contributed by atoms with E-state index < -0.39 is 0 Å². The third-order valence-corrected chi connectivity index (χ3v) is 1.80. The van der Waals surface area contributed by atoms with Crippen LogP contribution in [0.25, 0.3) is 0 Å². The zero-order valence-electron chi connectivity index (χ0n) is 6.56. The average Bonchev–Trinajstić information content (AvgIpc) is 1.89. The van der Waals surface area contributed by atoms with Gasteiger partial charge in [-0.05, 0) is 25.8 Å². The van der Waals surface area contributed by atoms with Gasteiger partial charge < -0.3 is 5.31 Å². The zero-order valence-corrected chi connectivity index (χ0v) is 5.56. The Morgan fingerprint density at radius 3 is 3.12 bits per heavy atom. The lowest BCUT2D eigenvalue weighted by molar-refractivity contribution is 0.393. The molecule has 1 aliphatic heterocycles. The molecule has 0 amide bonds. The maximum Gasteiger partial charge on any atom is 0.122 e. The lowest BCUT2D eigenvalue weighted by atomic mass is 10.0. The Balaban J connectivity index is 2.30. The quantitative estimate of drug-likeness (QED) is 0.545. The first-order valence-electron chi connectivity index (χ1n) is 4.05. The first kappa shape index (κ1) is 4.80. The predicted molar refractivity (Wildman–Crippen MR) is 35.9 cm³/mol. The van der Waals surface area contributed by atoms with Crippen molar-refractivity contribution >= 4 is 0 Å². The minimum atomic E-state index is 0.554. The Morgan fingerprint density at radius 1 is 1.75 bits per heavy atom. The Labute approximate surface area is 52.9 Å². The maximum atomic E-state index is 7.46. The van der Waals surface area contributed by atoms with Gasteiger partial charge in [0.1, 0.15) is 1.41 Å². The highest BCUT2D eigenvalue weighted by molar-refractivity contribution is 4.69. The van der Waals surface area contributed by atoms with Gasteiger partial charge >= 0.3 is 0 Å². The van der Waals surface area contributed by atoms with Crippen molar-refractivity contribution in [3.63, 3.8) is 0 Å². The molecule has 1 unspecified atom stereocenters. The van der Waals surface area contributed by atoms with Crippen molar-refractivity contribution in [2.75, 3.05) is 6.54 Å². The standard InChI is InChI=1S/C7H15N/c1-2-7-5-3-4-6-8-7/h7-8H,2-6H2,1H3/i/hD. The first-order valence-corrected chi connectivity index (χ1v) is 3.60. The number of hydrogen-bond donors (Lipinski definition) is 1. The Hall–Kier alpha value is -0.0400. The van der Waals surface area contributed by atoms with Crippen molar-refractivity contribution < 1.29 is 1.41 Å². The van der Waals surface area contributed by atoms with Crippen molar-refractivity contribution in [1.29, 1.82) is 0 Å². The maximum absolute atomic E-state index is 7.46. The largest absolute Gasteiger partial charge is 0.314 e. The molecule has 1 nitrogen and oxygen atoms in total. The average molecular weight is 114 g/mol. The van der Waals surface area contributed by atoms with Gasteiger partial charge in [-0.1, -0.05) is 13.3 Å². The van der Waals surface area contributed by atoms with Crippen molar-refractivity contribution in [3.8, 4) is 0 Å². The van der Waals surface area contributed by atoms with Gasteiger partial charge in [0, 0.05) is 6.04 Å². The smallest absolute Gasteiger partial charge is 0.122 e. The molecule has 0 aromatic carbocycles. The van der Waals surface area contributed by atoms with Crippen LogP contribution in [0.4, 0.5) is 0 Å². The predicted octanol–water partition coefficient (Wildman–Crippen LogP) is 1.54. The molecule has 8 heavy (non-hydrogen) atoms. The number of hydrogen-bond acceptors (Lipinski definition) is 1. The molecule has 0 radical (unpaired) electrons. The first-order chi connectivity index (χ1) is 4.34. The van der Waals surface area contributed by atoms with Gasteiger partial charge in [0.2, 0.25) is 0 Å². The molecule has 0 aromatic heterocycles. The fourth-order valence-corrected chi connectivity index (χ4v) is 1.19. The van der Waals surface area contributed by atoms with E-state index in [1.807, 2.05) is 0 Å². The third kappa shape index (κ3) is 1.48. The molecule has 0 saturated carbocycles. The van der Waals surface area contributed by atoms with Crippen LogP contribution in [0.15, 0.2) is 0 Å². The minimum absolute atomic E-state index is 0.554. The normalized spacial score (nSPS) is 34.6. The highest BCUT2D eigenvalue weighted by Gasteiger charge is 2.08. The van der Waals surface area contributed by atoms with Gasteiger partial charge in [-0.2, -0.15) is 0 Å². The van der Waals surface area contributed by atoms with Crippen LogP contribution >= 0.6 is 0 Å². The van der Waals surface area contributed by atoms with Gasteiger partial charge in [0.15, 0.2) is 0 Å². The zero-order chi connectivity index (χ0) is 6.69. The molecule has 0 spiro atoms. The fraction of sp³-hybridized carbons (Fsp3) is 1.00. The van der Waals surface area contributed by atoms with Gasteiger partial charge in [0.25, 0.3) is 0 Å². The van der Waals surface area contributed by atoms with Crippen molar-refractivity contribution in [3.05, 3.63) is 0 Å². The summed E-state index contributed by atoms with van der Waals surface area (Å²) in [5, 5.41) is 1.74. The summed E-state index contributed by atoms with van der Waals surface area (Å²) in [6.07, 6.45) is 4.93. The van der Waals surface area contributed by atoms with Crippen LogP contribution in [0.2, 0.25) is 1.41 Å². The lowest BCUT2D eigenvalue weighted by Gasteiger charge is -2.21. The number of rotatable bonds is 1. The van der Waals surface area contributed by atoms with E-state index in [9.17, 15) is 0 Å². The molecule has 1 heteroatoms. The van der Waals surface area contributed by atoms with E-state index in [1.165, 1.54) is 19.3 Å². The highest BCUT2D eigenvalue weighted by atomic mass is 14.9. The monoisotopic (exact) mass is 114 g/mol. The molecule has 1 aliphatic rings. The molecule has 1 fully saturated rings. The summed E-state index contributed by atoms with van der Waals surface area (Å²) >= 11 is 0. The van der Waals surface area contributed by atoms with Crippen molar-refractivity contribution in [2.45, 2.75) is 38.6 Å². The third-order valence-electron chi connectivity index (χ3n) is 1.80. The van der Waals surface area contributed by atoms with Crippen LogP contribution in [-0.4, -0.2) is 12.6 Å². The molecular weight excluding hydrogens is 98.1 g/mol. The van der Waals surface area contributed by atoms with Gasteiger partial charge in [-0.3, -0.25) is 0 Å². The van der Waals surface area contributed by atoms with Crippen molar-refractivity contribution in [1.82, 2.24) is 5.31 Å². The summed E-state index contributed by atoms with van der Waals surface area (Å²) in [6, 6.07) is 0.554. The Bertz CT molecular complexity index is 85.0. The highest BCUT2D eigenvalue weighted by Crippen LogP contribution is 2.08. The topological polar surface area (TPSA) is 12.0 Å². The molecule has 48 valence electrons. The lowest BCUT2D eigenvalue weighted by Crippen LogP contribution is -2.32. The van der Waals surface area contributed by atoms with Crippen LogP contribution in [0.3, 0.4) is 0 Å². The summed E-state index contributed by atoms with van der Waals surface area (Å²) in [4.78, 5) is 0. The molecule has 1 saturated heterocycles. The summed E-state index contributed by atoms with van der Waals surface area (Å²) < 4.78 is 7.46. The van der Waals surface area contributed by atoms with Gasteiger partial charge in [-0.25, -0.2) is 0 Å². The molecule has 1 rings (SSSR count). The molecule has 1 heterocycles. The molecule has 0 aliphatic carbocycles. The van der Waals surface area contributed by atoms with Crippen LogP contribution in [-0.2, 0) is 0 Å².